The highest BCUT2D eigenvalue weighted by molar-refractivity contribution is 6.01. The minimum atomic E-state index is -4.73. The van der Waals surface area contributed by atoms with Crippen molar-refractivity contribution in [3.05, 3.63) is 59.2 Å². The van der Waals surface area contributed by atoms with E-state index in [9.17, 15) is 22.4 Å². The molecule has 2 N–H and O–H groups in total. The number of alkyl halides is 3. The predicted molar refractivity (Wildman–Crippen MR) is 138 cm³/mol. The van der Waals surface area contributed by atoms with Gasteiger partial charge in [-0.25, -0.2) is 19.2 Å². The molecule has 15 heteroatoms. The summed E-state index contributed by atoms with van der Waals surface area (Å²) in [7, 11) is 3.38. The van der Waals surface area contributed by atoms with Gasteiger partial charge < -0.3 is 29.6 Å². The summed E-state index contributed by atoms with van der Waals surface area (Å²) >= 11 is 0. The Morgan fingerprint density at radius 1 is 1.12 bits per heavy atom. The number of pyridine rings is 2. The van der Waals surface area contributed by atoms with Gasteiger partial charge in [-0.2, -0.15) is 18.3 Å². The van der Waals surface area contributed by atoms with Gasteiger partial charge in [0.2, 0.25) is 0 Å². The number of hydrogen-bond acceptors (Lipinski definition) is 10. The summed E-state index contributed by atoms with van der Waals surface area (Å²) in [6.07, 6.45) is -5.77. The van der Waals surface area contributed by atoms with Gasteiger partial charge >= 0.3 is 12.1 Å². The van der Waals surface area contributed by atoms with Crippen molar-refractivity contribution in [1.82, 2.24) is 19.7 Å². The summed E-state index contributed by atoms with van der Waals surface area (Å²) < 4.78 is 78.3. The normalized spacial score (nSPS) is 14.3. The number of benzene rings is 1. The number of nitrogens with one attached hydrogen (secondary N) is 2. The standard InChI is InChI=1S/C26H24F4N6O5/c1-38-22-13(23(39-2)26(28,29)30)4-6-18-21(22)24-33-16-10-20(31-11-14(16)25(37)40-3)34-19-7-5-15(27)17(32-19)12-41-9-8-36(18)35-24/h4-7,10-11,23H,8-9,12H2,1-3H3,(H,33,35)(H,31,32,34). The van der Waals surface area contributed by atoms with Crippen LogP contribution in [-0.2, 0) is 27.4 Å². The van der Waals surface area contributed by atoms with E-state index in [0.717, 1.165) is 7.11 Å². The van der Waals surface area contributed by atoms with Crippen molar-refractivity contribution in [2.45, 2.75) is 25.4 Å². The quantitative estimate of drug-likeness (QED) is 0.253. The SMILES string of the molecule is COC(=O)c1cnc2cc1Nc1nn(c3ccc(C(OC)C(F)(F)F)c(OC)c13)CCOCc1nc(ccc1F)N2. The number of ether oxygens (including phenoxy) is 4. The number of anilines is 4. The van der Waals surface area contributed by atoms with E-state index < -0.39 is 24.1 Å². The number of nitrogens with zero attached hydrogens (tertiary/aromatic N) is 4. The molecule has 5 rings (SSSR count). The van der Waals surface area contributed by atoms with Crippen molar-refractivity contribution in [3.63, 3.8) is 0 Å². The van der Waals surface area contributed by atoms with Gasteiger partial charge in [-0.1, -0.05) is 6.07 Å². The van der Waals surface area contributed by atoms with Crippen LogP contribution in [0.25, 0.3) is 10.9 Å². The molecule has 0 fully saturated rings. The molecule has 1 aromatic carbocycles. The molecular weight excluding hydrogens is 552 g/mol. The average Bonchev–Trinajstić information content (AvgIpc) is 3.28. The van der Waals surface area contributed by atoms with E-state index in [1.165, 1.54) is 55.4 Å². The van der Waals surface area contributed by atoms with E-state index in [1.54, 1.807) is 0 Å². The molecule has 0 aliphatic carbocycles. The van der Waals surface area contributed by atoms with Crippen molar-refractivity contribution < 1.29 is 41.3 Å². The molecule has 4 heterocycles. The van der Waals surface area contributed by atoms with Crippen LogP contribution < -0.4 is 15.4 Å². The van der Waals surface area contributed by atoms with Crippen molar-refractivity contribution >= 4 is 40.0 Å². The van der Waals surface area contributed by atoms with E-state index >= 15 is 0 Å². The van der Waals surface area contributed by atoms with E-state index in [-0.39, 0.29) is 70.9 Å². The first-order valence-corrected chi connectivity index (χ1v) is 12.2. The number of rotatable bonds is 4. The molecule has 1 aliphatic rings. The molecule has 1 atom stereocenters. The zero-order chi connectivity index (χ0) is 29.3. The van der Waals surface area contributed by atoms with E-state index in [4.69, 9.17) is 18.9 Å². The summed E-state index contributed by atoms with van der Waals surface area (Å²) in [5, 5.41) is 10.7. The van der Waals surface area contributed by atoms with Crippen LogP contribution in [-0.4, -0.2) is 59.8 Å². The van der Waals surface area contributed by atoms with Crippen LogP contribution in [0, 0.1) is 5.82 Å². The molecule has 11 nitrogen and oxygen atoms in total. The van der Waals surface area contributed by atoms with Crippen LogP contribution in [0.5, 0.6) is 5.75 Å². The fourth-order valence-electron chi connectivity index (χ4n) is 4.51. The Morgan fingerprint density at radius 2 is 1.93 bits per heavy atom. The van der Waals surface area contributed by atoms with Crippen molar-refractivity contribution in [3.8, 4) is 5.75 Å². The van der Waals surface area contributed by atoms with Crippen LogP contribution >= 0.6 is 0 Å². The summed E-state index contributed by atoms with van der Waals surface area (Å²) in [6, 6.07) is 6.81. The van der Waals surface area contributed by atoms with Gasteiger partial charge in [0.1, 0.15) is 34.5 Å². The third kappa shape index (κ3) is 5.45. The van der Waals surface area contributed by atoms with Crippen LogP contribution in [0.2, 0.25) is 0 Å². The van der Waals surface area contributed by atoms with Gasteiger partial charge in [0.25, 0.3) is 0 Å². The highest BCUT2D eigenvalue weighted by Crippen LogP contribution is 2.45. The Balaban J connectivity index is 1.72. The van der Waals surface area contributed by atoms with E-state index in [0.29, 0.717) is 5.52 Å². The van der Waals surface area contributed by atoms with Crippen LogP contribution in [0.3, 0.4) is 0 Å². The highest BCUT2D eigenvalue weighted by atomic mass is 19.4. The molecule has 216 valence electrons. The lowest BCUT2D eigenvalue weighted by Gasteiger charge is -2.22. The summed E-state index contributed by atoms with van der Waals surface area (Å²) in [4.78, 5) is 21.1. The third-order valence-electron chi connectivity index (χ3n) is 6.34. The molecule has 1 unspecified atom stereocenters. The molecule has 4 aromatic rings. The molecule has 41 heavy (non-hydrogen) atoms. The topological polar surface area (TPSA) is 122 Å². The Morgan fingerprint density at radius 3 is 2.63 bits per heavy atom. The van der Waals surface area contributed by atoms with Crippen molar-refractivity contribution in [2.75, 3.05) is 38.6 Å². The maximum Gasteiger partial charge on any atom is 0.418 e. The average molecular weight is 577 g/mol. The number of fused-ring (bicyclic) bond motifs is 9. The number of methoxy groups -OCH3 is 3. The molecule has 0 saturated carbocycles. The molecule has 0 radical (unpaired) electrons. The number of carbonyl (C=O) groups is 1. The number of carbonyl (C=O) groups excluding carboxylic acids is 1. The summed E-state index contributed by atoms with van der Waals surface area (Å²) in [5.41, 5.74) is 0.361. The fourth-order valence-corrected chi connectivity index (χ4v) is 4.51. The van der Waals surface area contributed by atoms with Gasteiger partial charge in [-0.15, -0.1) is 0 Å². The molecule has 0 amide bonds. The molecule has 1 aliphatic heterocycles. The smallest absolute Gasteiger partial charge is 0.418 e. The van der Waals surface area contributed by atoms with Crippen molar-refractivity contribution in [1.29, 1.82) is 0 Å². The lowest BCUT2D eigenvalue weighted by atomic mass is 10.0. The lowest BCUT2D eigenvalue weighted by Crippen LogP contribution is -2.23. The van der Waals surface area contributed by atoms with E-state index in [2.05, 4.69) is 25.7 Å². The second-order valence-electron chi connectivity index (χ2n) is 8.85. The van der Waals surface area contributed by atoms with Crippen molar-refractivity contribution in [2.24, 2.45) is 0 Å². The lowest BCUT2D eigenvalue weighted by molar-refractivity contribution is -0.216. The zero-order valence-corrected chi connectivity index (χ0v) is 22.0. The van der Waals surface area contributed by atoms with Crippen LogP contribution in [0.4, 0.5) is 40.7 Å². The molecule has 0 spiro atoms. The second-order valence-corrected chi connectivity index (χ2v) is 8.85. The summed E-state index contributed by atoms with van der Waals surface area (Å²) in [5.74, 6) is -0.867. The third-order valence-corrected chi connectivity index (χ3v) is 6.34. The molecule has 3 aromatic heterocycles. The Labute approximate surface area is 230 Å². The monoisotopic (exact) mass is 576 g/mol. The van der Waals surface area contributed by atoms with Gasteiger partial charge in [0.15, 0.2) is 11.9 Å². The number of aromatic nitrogens is 4. The number of halogens is 4. The Bertz CT molecular complexity index is 1610. The maximum atomic E-state index is 14.4. The Kier molecular flexibility index (Phi) is 7.64. The maximum absolute atomic E-state index is 14.4. The van der Waals surface area contributed by atoms with Gasteiger partial charge in [0, 0.05) is 24.9 Å². The molecule has 0 saturated heterocycles. The van der Waals surface area contributed by atoms with Gasteiger partial charge in [-0.3, -0.25) is 4.68 Å². The zero-order valence-electron chi connectivity index (χ0n) is 22.0. The number of esters is 1. The first-order chi connectivity index (χ1) is 19.6. The second kappa shape index (κ2) is 11.2. The van der Waals surface area contributed by atoms with Gasteiger partial charge in [-0.05, 0) is 18.2 Å². The van der Waals surface area contributed by atoms with E-state index in [1.807, 2.05) is 0 Å². The first kappa shape index (κ1) is 28.0. The van der Waals surface area contributed by atoms with Crippen LogP contribution in [0.1, 0.15) is 27.7 Å². The first-order valence-electron chi connectivity index (χ1n) is 12.2. The van der Waals surface area contributed by atoms with Crippen LogP contribution in [0.15, 0.2) is 36.5 Å². The van der Waals surface area contributed by atoms with Gasteiger partial charge in [0.05, 0.1) is 50.6 Å². The predicted octanol–water partition coefficient (Wildman–Crippen LogP) is 5.03. The minimum Gasteiger partial charge on any atom is -0.496 e. The Hall–Kier alpha value is -4.50. The highest BCUT2D eigenvalue weighted by Gasteiger charge is 2.43. The minimum absolute atomic E-state index is 0.0151. The molecular formula is C26H24F4N6O5. The summed E-state index contributed by atoms with van der Waals surface area (Å²) in [6.45, 7) is 0.0455. The fraction of sp³-hybridized carbons (Fsp3) is 0.308. The number of hydrogen-bond donors (Lipinski definition) is 2. The largest absolute Gasteiger partial charge is 0.496 e. The molecule has 6 bridgehead atoms.